The van der Waals surface area contributed by atoms with Crippen molar-refractivity contribution in [1.29, 1.82) is 0 Å². The highest BCUT2D eigenvalue weighted by atomic mass is 16.1. The van der Waals surface area contributed by atoms with Crippen LogP contribution in [0.5, 0.6) is 0 Å². The Bertz CT molecular complexity index is 714. The van der Waals surface area contributed by atoms with E-state index < -0.39 is 0 Å². The van der Waals surface area contributed by atoms with Gasteiger partial charge in [0, 0.05) is 6.04 Å². The lowest BCUT2D eigenvalue weighted by atomic mass is 9.91. The summed E-state index contributed by atoms with van der Waals surface area (Å²) in [5.74, 6) is 0.366. The molecule has 116 valence electrons. The highest BCUT2D eigenvalue weighted by Gasteiger charge is 2.26. The van der Waals surface area contributed by atoms with Crippen molar-refractivity contribution in [3.8, 4) is 0 Å². The maximum Gasteiger partial charge on any atom is 0.243 e. The van der Waals surface area contributed by atoms with Crippen LogP contribution >= 0.6 is 0 Å². The number of amides is 1. The van der Waals surface area contributed by atoms with Gasteiger partial charge in [0.15, 0.2) is 5.65 Å². The number of nitrogens with zero attached hydrogens (tertiary/aromatic N) is 4. The zero-order valence-electron chi connectivity index (χ0n) is 12.6. The van der Waals surface area contributed by atoms with Gasteiger partial charge >= 0.3 is 0 Å². The van der Waals surface area contributed by atoms with Crippen LogP contribution in [0.1, 0.15) is 37.4 Å². The van der Waals surface area contributed by atoms with Crippen molar-refractivity contribution in [1.82, 2.24) is 25.1 Å². The van der Waals surface area contributed by atoms with Gasteiger partial charge in [-0.1, -0.05) is 6.58 Å². The molecule has 0 saturated heterocycles. The van der Waals surface area contributed by atoms with Crippen LogP contribution in [0.4, 0.5) is 5.82 Å². The molecular weight excluding hydrogens is 280 g/mol. The third kappa shape index (κ3) is 2.54. The number of fused-ring (bicyclic) bond motifs is 1. The minimum atomic E-state index is -0.107. The summed E-state index contributed by atoms with van der Waals surface area (Å²) in [6.07, 6.45) is 6.53. The van der Waals surface area contributed by atoms with Gasteiger partial charge in [-0.15, -0.1) is 0 Å². The maximum atomic E-state index is 11.4. The van der Waals surface area contributed by atoms with Crippen LogP contribution in [0.3, 0.4) is 0 Å². The number of hydrogen-bond donors (Lipinski definition) is 2. The van der Waals surface area contributed by atoms with E-state index in [2.05, 4.69) is 27.0 Å². The Morgan fingerprint density at radius 2 is 2.14 bits per heavy atom. The van der Waals surface area contributed by atoms with Gasteiger partial charge in [-0.25, -0.2) is 14.6 Å². The molecular formula is C15H20N6O. The van der Waals surface area contributed by atoms with Gasteiger partial charge in [0.1, 0.15) is 12.1 Å². The summed E-state index contributed by atoms with van der Waals surface area (Å²) in [5.41, 5.74) is 7.58. The van der Waals surface area contributed by atoms with Crippen LogP contribution in [0, 0.1) is 6.92 Å². The Balaban J connectivity index is 1.78. The molecule has 2 aromatic heterocycles. The number of hydrogen-bond acceptors (Lipinski definition) is 5. The van der Waals surface area contributed by atoms with Gasteiger partial charge in [0.2, 0.25) is 5.91 Å². The van der Waals surface area contributed by atoms with Crippen molar-refractivity contribution in [2.45, 2.75) is 44.7 Å². The number of nitrogens with two attached hydrogens (primary N) is 1. The first-order chi connectivity index (χ1) is 10.6. The van der Waals surface area contributed by atoms with E-state index in [9.17, 15) is 4.79 Å². The fourth-order valence-electron chi connectivity index (χ4n) is 3.15. The Hall–Kier alpha value is -2.44. The van der Waals surface area contributed by atoms with E-state index in [1.165, 1.54) is 12.4 Å². The summed E-state index contributed by atoms with van der Waals surface area (Å²) in [6.45, 7) is 5.41. The molecule has 0 bridgehead atoms. The van der Waals surface area contributed by atoms with E-state index in [4.69, 9.17) is 5.73 Å². The average molecular weight is 300 g/mol. The van der Waals surface area contributed by atoms with Gasteiger partial charge in [-0.3, -0.25) is 4.79 Å². The number of rotatable bonds is 3. The summed E-state index contributed by atoms with van der Waals surface area (Å²) < 4.78 is 1.97. The van der Waals surface area contributed by atoms with Crippen LogP contribution in [0.15, 0.2) is 19.0 Å². The lowest BCUT2D eigenvalue weighted by molar-refractivity contribution is -0.117. The minimum Gasteiger partial charge on any atom is -0.383 e. The largest absolute Gasteiger partial charge is 0.383 e. The van der Waals surface area contributed by atoms with Gasteiger partial charge < -0.3 is 11.1 Å². The zero-order valence-corrected chi connectivity index (χ0v) is 12.6. The molecule has 1 saturated carbocycles. The molecule has 3 N–H and O–H groups in total. The van der Waals surface area contributed by atoms with Gasteiger partial charge in [0.25, 0.3) is 0 Å². The van der Waals surface area contributed by atoms with Gasteiger partial charge in [-0.2, -0.15) is 5.10 Å². The second-order valence-electron chi connectivity index (χ2n) is 5.71. The van der Waals surface area contributed by atoms with Crippen LogP contribution < -0.4 is 11.1 Å². The highest BCUT2D eigenvalue weighted by Crippen LogP contribution is 2.32. The molecule has 7 nitrogen and oxygen atoms in total. The number of carbonyl (C=O) groups excluding carboxylic acids is 1. The van der Waals surface area contributed by atoms with E-state index >= 15 is 0 Å². The summed E-state index contributed by atoms with van der Waals surface area (Å²) >= 11 is 0. The van der Waals surface area contributed by atoms with Crippen molar-refractivity contribution >= 4 is 22.8 Å². The van der Waals surface area contributed by atoms with Crippen LogP contribution in [0.25, 0.3) is 11.0 Å². The van der Waals surface area contributed by atoms with Crippen molar-refractivity contribution < 1.29 is 4.79 Å². The minimum absolute atomic E-state index is 0.107. The van der Waals surface area contributed by atoms with Crippen LogP contribution in [-0.2, 0) is 4.79 Å². The van der Waals surface area contributed by atoms with E-state index in [1.54, 1.807) is 0 Å². The van der Waals surface area contributed by atoms with Crippen molar-refractivity contribution in [3.05, 3.63) is 24.7 Å². The molecule has 0 aliphatic heterocycles. The van der Waals surface area contributed by atoms with Crippen molar-refractivity contribution in [2.24, 2.45) is 0 Å². The molecule has 1 aliphatic carbocycles. The summed E-state index contributed by atoms with van der Waals surface area (Å²) in [5, 5.41) is 8.40. The molecule has 22 heavy (non-hydrogen) atoms. The fraction of sp³-hybridized carbons (Fsp3) is 0.467. The standard InChI is InChI=1S/C15H20N6O/c1-3-12(22)19-10-4-6-11(7-5-10)21-15-13(9(2)20-21)14(16)17-8-18-15/h3,8,10-11H,1,4-7H2,2H3,(H,19,22)(H2,16,17,18). The lowest BCUT2D eigenvalue weighted by Gasteiger charge is -2.29. The van der Waals surface area contributed by atoms with Crippen molar-refractivity contribution in [3.63, 3.8) is 0 Å². The summed E-state index contributed by atoms with van der Waals surface area (Å²) in [4.78, 5) is 19.8. The molecule has 0 aromatic carbocycles. The van der Waals surface area contributed by atoms with Gasteiger partial charge in [-0.05, 0) is 38.7 Å². The van der Waals surface area contributed by atoms with Crippen molar-refractivity contribution in [2.75, 3.05) is 5.73 Å². The number of nitrogens with one attached hydrogen (secondary N) is 1. The first kappa shape index (κ1) is 14.5. The first-order valence-electron chi connectivity index (χ1n) is 7.48. The molecule has 0 radical (unpaired) electrons. The van der Waals surface area contributed by atoms with Crippen LogP contribution in [-0.4, -0.2) is 31.7 Å². The highest BCUT2D eigenvalue weighted by molar-refractivity contribution is 5.88. The Morgan fingerprint density at radius 3 is 2.82 bits per heavy atom. The van der Waals surface area contributed by atoms with E-state index in [1.807, 2.05) is 11.6 Å². The van der Waals surface area contributed by atoms with Crippen LogP contribution in [0.2, 0.25) is 0 Å². The van der Waals surface area contributed by atoms with E-state index in [0.717, 1.165) is 42.4 Å². The monoisotopic (exact) mass is 300 g/mol. The molecule has 0 atom stereocenters. The molecule has 1 aliphatic rings. The number of aryl methyl sites for hydroxylation is 1. The number of anilines is 1. The maximum absolute atomic E-state index is 11.4. The molecule has 0 unspecified atom stereocenters. The third-order valence-corrected chi connectivity index (χ3v) is 4.27. The number of nitrogen functional groups attached to an aromatic ring is 1. The predicted molar refractivity (Wildman–Crippen MR) is 84.1 cm³/mol. The Morgan fingerprint density at radius 1 is 1.41 bits per heavy atom. The first-order valence-corrected chi connectivity index (χ1v) is 7.48. The lowest BCUT2D eigenvalue weighted by Crippen LogP contribution is -2.37. The molecule has 2 aromatic rings. The predicted octanol–water partition coefficient (Wildman–Crippen LogP) is 1.50. The fourth-order valence-corrected chi connectivity index (χ4v) is 3.15. The molecule has 2 heterocycles. The topological polar surface area (TPSA) is 98.7 Å². The second kappa shape index (κ2) is 5.75. The van der Waals surface area contributed by atoms with E-state index in [-0.39, 0.29) is 18.0 Å². The molecule has 7 heteroatoms. The quantitative estimate of drug-likeness (QED) is 0.837. The molecule has 0 spiro atoms. The second-order valence-corrected chi connectivity index (χ2v) is 5.71. The normalized spacial score (nSPS) is 21.7. The van der Waals surface area contributed by atoms with Gasteiger partial charge in [0.05, 0.1) is 17.1 Å². The molecule has 1 amide bonds. The smallest absolute Gasteiger partial charge is 0.243 e. The zero-order chi connectivity index (χ0) is 15.7. The number of aromatic nitrogens is 4. The third-order valence-electron chi connectivity index (χ3n) is 4.27. The average Bonchev–Trinajstić information content (AvgIpc) is 2.86. The number of carbonyl (C=O) groups is 1. The molecule has 3 rings (SSSR count). The van der Waals surface area contributed by atoms with E-state index in [0.29, 0.717) is 5.82 Å². The SMILES string of the molecule is C=CC(=O)NC1CCC(n2nc(C)c3c(N)ncnc32)CC1. The Kier molecular flexibility index (Phi) is 3.79. The summed E-state index contributed by atoms with van der Waals surface area (Å²) in [7, 11) is 0. The summed E-state index contributed by atoms with van der Waals surface area (Å²) in [6, 6.07) is 0.492. The molecule has 1 fully saturated rings. The Labute approximate surface area is 128 Å².